The summed E-state index contributed by atoms with van der Waals surface area (Å²) in [7, 11) is 0. The molecule has 30 heavy (non-hydrogen) atoms. The molecule has 0 aliphatic carbocycles. The summed E-state index contributed by atoms with van der Waals surface area (Å²) in [6.07, 6.45) is 1.67. The highest BCUT2D eigenvalue weighted by Gasteiger charge is 2.14. The first-order chi connectivity index (χ1) is 14.5. The smallest absolute Gasteiger partial charge is 0.272 e. The van der Waals surface area contributed by atoms with Crippen LogP contribution in [0.3, 0.4) is 0 Å². The predicted molar refractivity (Wildman–Crippen MR) is 121 cm³/mol. The van der Waals surface area contributed by atoms with Gasteiger partial charge in [-0.15, -0.1) is 11.3 Å². The number of nitrogens with zero attached hydrogens (tertiary/aromatic N) is 4. The molecular weight excluding hydrogens is 418 g/mol. The lowest BCUT2D eigenvalue weighted by Crippen LogP contribution is -2.23. The van der Waals surface area contributed by atoms with Gasteiger partial charge in [0.05, 0.1) is 24.0 Å². The number of aromatic nitrogens is 4. The van der Waals surface area contributed by atoms with Crippen LogP contribution in [0.5, 0.6) is 0 Å². The number of aryl methyl sites for hydroxylation is 1. The van der Waals surface area contributed by atoms with Crippen LogP contribution in [0, 0.1) is 6.92 Å². The van der Waals surface area contributed by atoms with Crippen molar-refractivity contribution >= 4 is 45.0 Å². The van der Waals surface area contributed by atoms with E-state index in [0.29, 0.717) is 34.3 Å². The van der Waals surface area contributed by atoms with Crippen LogP contribution in [-0.4, -0.2) is 31.0 Å². The fourth-order valence-electron chi connectivity index (χ4n) is 3.17. The zero-order valence-electron chi connectivity index (χ0n) is 16.7. The molecule has 0 spiro atoms. The van der Waals surface area contributed by atoms with Crippen molar-refractivity contribution in [2.75, 3.05) is 11.1 Å². The Morgan fingerprint density at radius 2 is 2.13 bits per heavy atom. The Morgan fingerprint density at radius 3 is 2.93 bits per heavy atom. The molecule has 4 rings (SSSR count). The maximum atomic E-state index is 12.6. The van der Waals surface area contributed by atoms with Crippen LogP contribution in [0.2, 0.25) is 0 Å². The molecule has 4 aromatic rings. The number of rotatable bonds is 7. The van der Waals surface area contributed by atoms with Gasteiger partial charge in [-0.1, -0.05) is 41.6 Å². The number of thioether (sulfide) groups is 1. The van der Waals surface area contributed by atoms with Gasteiger partial charge in [0, 0.05) is 12.6 Å². The number of carbonyl (C=O) groups excluding carboxylic acids is 1. The molecular formula is C21H21N5O2S2. The lowest BCUT2D eigenvalue weighted by Gasteiger charge is -2.11. The zero-order chi connectivity index (χ0) is 21.1. The summed E-state index contributed by atoms with van der Waals surface area (Å²) in [5, 5.41) is 9.64. The second-order valence-corrected chi connectivity index (χ2v) is 8.64. The SMILES string of the molecule is CCn1c(SCC(=O)Nc2ccnn2Cc2cccc(C)c2)nc2ccsc2c1=O. The number of fused-ring (bicyclic) bond motifs is 1. The number of nitrogens with one attached hydrogen (secondary N) is 1. The molecule has 1 aromatic carbocycles. The Labute approximate surface area is 181 Å². The van der Waals surface area contributed by atoms with Crippen LogP contribution in [0.25, 0.3) is 10.2 Å². The number of amides is 1. The van der Waals surface area contributed by atoms with Crippen molar-refractivity contribution in [1.82, 2.24) is 19.3 Å². The fraction of sp³-hybridized carbons (Fsp3) is 0.238. The van der Waals surface area contributed by atoms with E-state index in [2.05, 4.69) is 21.5 Å². The molecule has 0 aliphatic rings. The number of hydrogen-bond donors (Lipinski definition) is 1. The minimum Gasteiger partial charge on any atom is -0.310 e. The first-order valence-corrected chi connectivity index (χ1v) is 11.4. The van der Waals surface area contributed by atoms with Crippen molar-refractivity contribution in [3.05, 3.63) is 69.5 Å². The lowest BCUT2D eigenvalue weighted by molar-refractivity contribution is -0.113. The van der Waals surface area contributed by atoms with Gasteiger partial charge in [0.1, 0.15) is 10.5 Å². The Morgan fingerprint density at radius 1 is 1.27 bits per heavy atom. The second kappa shape index (κ2) is 8.85. The van der Waals surface area contributed by atoms with Gasteiger partial charge in [-0.2, -0.15) is 5.10 Å². The molecule has 0 radical (unpaired) electrons. The molecule has 0 saturated heterocycles. The molecule has 0 bridgehead atoms. The van der Waals surface area contributed by atoms with Gasteiger partial charge in [-0.05, 0) is 30.9 Å². The van der Waals surface area contributed by atoms with Gasteiger partial charge in [0.25, 0.3) is 5.56 Å². The highest BCUT2D eigenvalue weighted by atomic mass is 32.2. The van der Waals surface area contributed by atoms with E-state index in [0.717, 1.165) is 5.56 Å². The lowest BCUT2D eigenvalue weighted by atomic mass is 10.1. The number of anilines is 1. The topological polar surface area (TPSA) is 81.8 Å². The van der Waals surface area contributed by atoms with Crippen molar-refractivity contribution < 1.29 is 4.79 Å². The number of carbonyl (C=O) groups is 1. The van der Waals surface area contributed by atoms with E-state index >= 15 is 0 Å². The third-order valence-electron chi connectivity index (χ3n) is 4.58. The van der Waals surface area contributed by atoms with Crippen LogP contribution < -0.4 is 10.9 Å². The van der Waals surface area contributed by atoms with Crippen LogP contribution in [0.4, 0.5) is 5.82 Å². The highest BCUT2D eigenvalue weighted by Crippen LogP contribution is 2.21. The van der Waals surface area contributed by atoms with E-state index in [1.54, 1.807) is 21.5 Å². The van der Waals surface area contributed by atoms with Gasteiger partial charge in [0.2, 0.25) is 5.91 Å². The van der Waals surface area contributed by atoms with Gasteiger partial charge in [-0.25, -0.2) is 9.67 Å². The third-order valence-corrected chi connectivity index (χ3v) is 6.45. The van der Waals surface area contributed by atoms with Crippen molar-refractivity contribution in [2.45, 2.75) is 32.1 Å². The van der Waals surface area contributed by atoms with Crippen molar-refractivity contribution in [3.63, 3.8) is 0 Å². The van der Waals surface area contributed by atoms with Crippen LogP contribution >= 0.6 is 23.1 Å². The van der Waals surface area contributed by atoms with Crippen molar-refractivity contribution in [1.29, 1.82) is 0 Å². The molecule has 0 unspecified atom stereocenters. The molecule has 1 N–H and O–H groups in total. The molecule has 0 aliphatic heterocycles. The van der Waals surface area contributed by atoms with E-state index < -0.39 is 0 Å². The first-order valence-electron chi connectivity index (χ1n) is 9.53. The van der Waals surface area contributed by atoms with E-state index in [4.69, 9.17) is 0 Å². The average Bonchev–Trinajstić information content (AvgIpc) is 3.36. The van der Waals surface area contributed by atoms with E-state index in [1.807, 2.05) is 43.5 Å². The Bertz CT molecular complexity index is 1260. The van der Waals surface area contributed by atoms with E-state index in [1.165, 1.54) is 28.7 Å². The quantitative estimate of drug-likeness (QED) is 0.350. The molecule has 154 valence electrons. The molecule has 3 heterocycles. The number of thiophene rings is 1. The monoisotopic (exact) mass is 439 g/mol. The Balaban J connectivity index is 1.45. The minimum absolute atomic E-state index is 0.0587. The molecule has 3 aromatic heterocycles. The van der Waals surface area contributed by atoms with E-state index in [9.17, 15) is 9.59 Å². The number of benzene rings is 1. The standard InChI is InChI=1S/C21H21N5O2S2/c1-3-25-20(28)19-16(8-10-29-19)23-21(25)30-13-18(27)24-17-7-9-22-26(17)12-15-6-4-5-14(2)11-15/h4-11H,3,12-13H2,1-2H3,(H,24,27). The molecule has 1 amide bonds. The summed E-state index contributed by atoms with van der Waals surface area (Å²) in [4.78, 5) is 29.7. The van der Waals surface area contributed by atoms with E-state index in [-0.39, 0.29) is 17.2 Å². The minimum atomic E-state index is -0.173. The first kappa shape index (κ1) is 20.4. The van der Waals surface area contributed by atoms with Crippen LogP contribution in [0.15, 0.2) is 57.9 Å². The highest BCUT2D eigenvalue weighted by molar-refractivity contribution is 7.99. The Kier molecular flexibility index (Phi) is 6.01. The van der Waals surface area contributed by atoms with Crippen molar-refractivity contribution in [3.8, 4) is 0 Å². The molecule has 9 heteroatoms. The summed E-state index contributed by atoms with van der Waals surface area (Å²) in [6, 6.07) is 11.8. The largest absolute Gasteiger partial charge is 0.310 e. The normalized spacial score (nSPS) is 11.1. The molecule has 0 fully saturated rings. The van der Waals surface area contributed by atoms with Crippen LogP contribution in [0.1, 0.15) is 18.1 Å². The Hall–Kier alpha value is -2.91. The van der Waals surface area contributed by atoms with Gasteiger partial charge in [-0.3, -0.25) is 14.2 Å². The molecule has 7 nitrogen and oxygen atoms in total. The average molecular weight is 440 g/mol. The van der Waals surface area contributed by atoms with Gasteiger partial charge < -0.3 is 5.32 Å². The number of hydrogen-bond acceptors (Lipinski definition) is 6. The van der Waals surface area contributed by atoms with Gasteiger partial charge in [0.15, 0.2) is 5.16 Å². The second-order valence-electron chi connectivity index (χ2n) is 6.78. The maximum absolute atomic E-state index is 12.6. The van der Waals surface area contributed by atoms with Crippen LogP contribution in [-0.2, 0) is 17.9 Å². The summed E-state index contributed by atoms with van der Waals surface area (Å²) >= 11 is 2.65. The fourth-order valence-corrected chi connectivity index (χ4v) is 4.81. The van der Waals surface area contributed by atoms with Crippen molar-refractivity contribution in [2.24, 2.45) is 0 Å². The van der Waals surface area contributed by atoms with Gasteiger partial charge >= 0.3 is 0 Å². The maximum Gasteiger partial charge on any atom is 0.272 e. The summed E-state index contributed by atoms with van der Waals surface area (Å²) in [6.45, 7) is 5.02. The summed E-state index contributed by atoms with van der Waals surface area (Å²) in [5.74, 6) is 0.613. The third kappa shape index (κ3) is 4.31. The summed E-state index contributed by atoms with van der Waals surface area (Å²) < 4.78 is 4.01. The zero-order valence-corrected chi connectivity index (χ0v) is 18.3. The molecule has 0 saturated carbocycles. The summed E-state index contributed by atoms with van der Waals surface area (Å²) in [5.41, 5.74) is 2.91. The molecule has 0 atom stereocenters. The predicted octanol–water partition coefficient (Wildman–Crippen LogP) is 3.76.